The first-order valence-corrected chi connectivity index (χ1v) is 9.33. The minimum atomic E-state index is -4.65. The minimum absolute atomic E-state index is 0.0347. The number of hydrogen-bond donors (Lipinski definition) is 0. The van der Waals surface area contributed by atoms with Crippen LogP contribution in [0.5, 0.6) is 0 Å². The third kappa shape index (κ3) is 3.69. The summed E-state index contributed by atoms with van der Waals surface area (Å²) in [6, 6.07) is 0.696. The van der Waals surface area contributed by atoms with Gasteiger partial charge in [0, 0.05) is 52.5 Å². The van der Waals surface area contributed by atoms with Crippen LogP contribution in [0.25, 0.3) is 0 Å². The molecule has 1 amide bonds. The van der Waals surface area contributed by atoms with Crippen LogP contribution in [0, 0.1) is 0 Å². The maximum absolute atomic E-state index is 12.8. The number of aromatic nitrogens is 4. The summed E-state index contributed by atoms with van der Waals surface area (Å²) in [5.41, 5.74) is -1.35. The molecule has 0 radical (unpaired) electrons. The van der Waals surface area contributed by atoms with Gasteiger partial charge in [0.05, 0.1) is 6.20 Å². The third-order valence-corrected chi connectivity index (χ3v) is 6.09. The predicted octanol–water partition coefficient (Wildman–Crippen LogP) is 0.319. The van der Waals surface area contributed by atoms with Gasteiger partial charge in [-0.3, -0.25) is 14.2 Å². The number of aryl methyl sites for hydroxylation is 2. The first kappa shape index (κ1) is 19.4. The van der Waals surface area contributed by atoms with Crippen LogP contribution in [0.15, 0.2) is 23.4 Å². The lowest BCUT2D eigenvalue weighted by molar-refractivity contribution is -0.141. The van der Waals surface area contributed by atoms with Gasteiger partial charge in [-0.1, -0.05) is 0 Å². The molecule has 0 aliphatic carbocycles. The number of rotatable bonds is 3. The Kier molecular flexibility index (Phi) is 4.76. The van der Waals surface area contributed by atoms with E-state index in [-0.39, 0.29) is 36.8 Å². The Labute approximate surface area is 153 Å². The molecule has 13 heteroatoms. The van der Waals surface area contributed by atoms with Crippen LogP contribution in [-0.2, 0) is 30.3 Å². The highest BCUT2D eigenvalue weighted by molar-refractivity contribution is 7.89. The molecule has 1 aliphatic heterocycles. The van der Waals surface area contributed by atoms with Crippen molar-refractivity contribution in [2.45, 2.75) is 11.1 Å². The number of halogens is 3. The lowest BCUT2D eigenvalue weighted by Crippen LogP contribution is -2.50. The summed E-state index contributed by atoms with van der Waals surface area (Å²) in [5, 5.41) is 7.16. The summed E-state index contributed by atoms with van der Waals surface area (Å²) < 4.78 is 66.8. The van der Waals surface area contributed by atoms with Crippen molar-refractivity contribution in [3.63, 3.8) is 0 Å². The molecule has 0 unspecified atom stereocenters. The number of carbonyl (C=O) groups excluding carboxylic acids is 1. The fourth-order valence-corrected chi connectivity index (χ4v) is 4.19. The average Bonchev–Trinajstić information content (AvgIpc) is 3.20. The number of amides is 1. The van der Waals surface area contributed by atoms with E-state index in [1.165, 1.54) is 33.3 Å². The van der Waals surface area contributed by atoms with Gasteiger partial charge in [-0.15, -0.1) is 0 Å². The molecule has 0 bridgehead atoms. The molecular weight excluding hydrogens is 389 g/mol. The van der Waals surface area contributed by atoms with Crippen LogP contribution in [-0.4, -0.2) is 69.3 Å². The van der Waals surface area contributed by atoms with E-state index in [0.29, 0.717) is 6.07 Å². The second-order valence-electron chi connectivity index (χ2n) is 6.08. The summed E-state index contributed by atoms with van der Waals surface area (Å²) in [6.45, 7) is 0.190. The summed E-state index contributed by atoms with van der Waals surface area (Å²) in [6.07, 6.45) is -2.03. The first-order valence-electron chi connectivity index (χ1n) is 7.89. The zero-order valence-electron chi connectivity index (χ0n) is 14.5. The van der Waals surface area contributed by atoms with Crippen LogP contribution < -0.4 is 0 Å². The number of carbonyl (C=O) groups is 1. The van der Waals surface area contributed by atoms with Gasteiger partial charge in [0.15, 0.2) is 5.69 Å². The Hall–Kier alpha value is -2.41. The molecule has 0 spiro atoms. The Morgan fingerprint density at radius 3 is 2.26 bits per heavy atom. The van der Waals surface area contributed by atoms with E-state index in [4.69, 9.17) is 0 Å². The van der Waals surface area contributed by atoms with Crippen LogP contribution in [0.4, 0.5) is 13.2 Å². The normalized spacial score (nSPS) is 16.7. The number of piperazine rings is 1. The summed E-state index contributed by atoms with van der Waals surface area (Å²) in [7, 11) is -0.881. The van der Waals surface area contributed by atoms with Gasteiger partial charge in [-0.2, -0.15) is 27.7 Å². The molecule has 27 heavy (non-hydrogen) atoms. The van der Waals surface area contributed by atoms with Crippen LogP contribution >= 0.6 is 0 Å². The number of sulfonamides is 1. The lowest BCUT2D eigenvalue weighted by atomic mass is 10.3. The van der Waals surface area contributed by atoms with E-state index in [1.807, 2.05) is 0 Å². The van der Waals surface area contributed by atoms with Crippen molar-refractivity contribution in [1.82, 2.24) is 28.8 Å². The van der Waals surface area contributed by atoms with E-state index in [9.17, 15) is 26.4 Å². The first-order chi connectivity index (χ1) is 12.5. The van der Waals surface area contributed by atoms with Crippen LogP contribution in [0.3, 0.4) is 0 Å². The van der Waals surface area contributed by atoms with Gasteiger partial charge in [0.25, 0.3) is 5.91 Å². The molecule has 148 valence electrons. The standard InChI is InChI=1S/C14H17F3N6O3S/c1-20-9-10(8-18-20)27(25,26)23-5-3-22(4-6-23)13(24)11-7-12(14(15,16)17)19-21(11)2/h7-9H,3-6H2,1-2H3. The topological polar surface area (TPSA) is 93.3 Å². The molecule has 0 aromatic carbocycles. The molecule has 1 aliphatic rings. The molecule has 0 atom stereocenters. The summed E-state index contributed by atoms with van der Waals surface area (Å²) in [5.74, 6) is -0.626. The Morgan fingerprint density at radius 2 is 1.78 bits per heavy atom. The smallest absolute Gasteiger partial charge is 0.335 e. The molecule has 0 N–H and O–H groups in total. The molecule has 1 fully saturated rings. The molecular formula is C14H17F3N6O3S. The Bertz CT molecular complexity index is 957. The Balaban J connectivity index is 1.71. The number of alkyl halides is 3. The van der Waals surface area contributed by atoms with Crippen molar-refractivity contribution < 1.29 is 26.4 Å². The highest BCUT2D eigenvalue weighted by Crippen LogP contribution is 2.28. The second kappa shape index (κ2) is 6.64. The highest BCUT2D eigenvalue weighted by atomic mass is 32.2. The largest absolute Gasteiger partial charge is 0.435 e. The zero-order valence-corrected chi connectivity index (χ0v) is 15.3. The van der Waals surface area contributed by atoms with Crippen molar-refractivity contribution in [2.24, 2.45) is 14.1 Å². The molecule has 3 rings (SSSR count). The van der Waals surface area contributed by atoms with Crippen molar-refractivity contribution in [1.29, 1.82) is 0 Å². The van der Waals surface area contributed by atoms with Gasteiger partial charge in [0.1, 0.15) is 10.6 Å². The average molecular weight is 406 g/mol. The van der Waals surface area contributed by atoms with E-state index in [0.717, 1.165) is 4.68 Å². The monoisotopic (exact) mass is 406 g/mol. The van der Waals surface area contributed by atoms with Gasteiger partial charge < -0.3 is 4.90 Å². The molecule has 2 aromatic heterocycles. The predicted molar refractivity (Wildman–Crippen MR) is 86.1 cm³/mol. The summed E-state index contributed by atoms with van der Waals surface area (Å²) >= 11 is 0. The number of nitrogens with zero attached hydrogens (tertiary/aromatic N) is 6. The van der Waals surface area contributed by atoms with Crippen LogP contribution in [0.1, 0.15) is 16.2 Å². The fraction of sp³-hybridized carbons (Fsp3) is 0.500. The zero-order chi connectivity index (χ0) is 20.0. The van der Waals surface area contributed by atoms with Crippen LogP contribution in [0.2, 0.25) is 0 Å². The second-order valence-corrected chi connectivity index (χ2v) is 8.02. The van der Waals surface area contributed by atoms with Crippen molar-refractivity contribution >= 4 is 15.9 Å². The SMILES string of the molecule is Cn1cc(S(=O)(=O)N2CCN(C(=O)c3cc(C(F)(F)F)nn3C)CC2)cn1. The van der Waals surface area contributed by atoms with E-state index < -0.39 is 27.8 Å². The molecule has 0 saturated carbocycles. The van der Waals surface area contributed by atoms with Crippen molar-refractivity contribution in [3.8, 4) is 0 Å². The van der Waals surface area contributed by atoms with E-state index in [2.05, 4.69) is 10.2 Å². The highest BCUT2D eigenvalue weighted by Gasteiger charge is 2.37. The fourth-order valence-electron chi connectivity index (χ4n) is 2.78. The van der Waals surface area contributed by atoms with Gasteiger partial charge >= 0.3 is 6.18 Å². The molecule has 9 nitrogen and oxygen atoms in total. The minimum Gasteiger partial charge on any atom is -0.335 e. The van der Waals surface area contributed by atoms with Crippen molar-refractivity contribution in [3.05, 3.63) is 29.8 Å². The molecule has 2 aromatic rings. The van der Waals surface area contributed by atoms with Gasteiger partial charge in [0.2, 0.25) is 10.0 Å². The van der Waals surface area contributed by atoms with E-state index in [1.54, 1.807) is 7.05 Å². The van der Waals surface area contributed by atoms with E-state index >= 15 is 0 Å². The number of hydrogen-bond acceptors (Lipinski definition) is 5. The Morgan fingerprint density at radius 1 is 1.15 bits per heavy atom. The lowest BCUT2D eigenvalue weighted by Gasteiger charge is -2.33. The maximum Gasteiger partial charge on any atom is 0.435 e. The maximum atomic E-state index is 12.8. The molecule has 3 heterocycles. The third-order valence-electron chi connectivity index (χ3n) is 4.23. The van der Waals surface area contributed by atoms with Gasteiger partial charge in [-0.25, -0.2) is 8.42 Å². The van der Waals surface area contributed by atoms with Gasteiger partial charge in [-0.05, 0) is 0 Å². The molecule has 1 saturated heterocycles. The summed E-state index contributed by atoms with van der Waals surface area (Å²) in [4.78, 5) is 13.9. The van der Waals surface area contributed by atoms with Crippen molar-refractivity contribution in [2.75, 3.05) is 26.2 Å². The quantitative estimate of drug-likeness (QED) is 0.732.